The van der Waals surface area contributed by atoms with Crippen molar-refractivity contribution in [1.29, 1.82) is 0 Å². The lowest BCUT2D eigenvalue weighted by atomic mass is 10.0. The van der Waals surface area contributed by atoms with Crippen molar-refractivity contribution in [2.24, 2.45) is 10.7 Å². The fourth-order valence-corrected chi connectivity index (χ4v) is 1.50. The van der Waals surface area contributed by atoms with Gasteiger partial charge < -0.3 is 10.5 Å². The lowest BCUT2D eigenvalue weighted by Crippen LogP contribution is -2.10. The molecule has 0 aromatic carbocycles. The molecule has 0 saturated heterocycles. The number of carbonyl (C=O) groups is 1. The number of nitrogens with two attached hydrogens (primary N) is 1. The summed E-state index contributed by atoms with van der Waals surface area (Å²) in [5.41, 5.74) is 11.3. The minimum absolute atomic E-state index is 0. The molecule has 0 radical (unpaired) electrons. The molecule has 0 amide bonds. The molecule has 0 bridgehead atoms. The average molecular weight is 326 g/mol. The standard InChI is InChI=1S/C20H26N2O.CH4/c1-14(12-13-23)8-9-15(2)16(3)10-11-17(4)18(5)20(21)19(6)22-7;/h8-11,13H,1-4,12,21H2,5-7H3;1H4/b9-8-,11-10-,20-18-,22-19?;. The van der Waals surface area contributed by atoms with E-state index in [2.05, 4.69) is 31.3 Å². The molecule has 3 nitrogen and oxygen atoms in total. The molecule has 3 heteroatoms. The molecule has 130 valence electrons. The topological polar surface area (TPSA) is 55.4 Å². The SMILES string of the molecule is C.C=C(/C=C\C(=C)C(=C)/C=C\C(=C)/C(C)=C(\N)C(C)=NC)CC=O. The molecule has 0 atom stereocenters. The average Bonchev–Trinajstić information content (AvgIpc) is 2.55. The summed E-state index contributed by atoms with van der Waals surface area (Å²) >= 11 is 0. The summed E-state index contributed by atoms with van der Waals surface area (Å²) < 4.78 is 0. The fraction of sp³-hybridized carbons (Fsp3) is 0.238. The molecule has 0 aliphatic heterocycles. The van der Waals surface area contributed by atoms with Gasteiger partial charge in [0.05, 0.1) is 11.4 Å². The molecule has 0 spiro atoms. The van der Waals surface area contributed by atoms with Gasteiger partial charge in [-0.25, -0.2) is 0 Å². The van der Waals surface area contributed by atoms with E-state index >= 15 is 0 Å². The first-order valence-electron chi connectivity index (χ1n) is 7.19. The van der Waals surface area contributed by atoms with Crippen LogP contribution in [0.4, 0.5) is 0 Å². The van der Waals surface area contributed by atoms with Crippen LogP contribution in [-0.2, 0) is 4.79 Å². The van der Waals surface area contributed by atoms with E-state index in [0.717, 1.165) is 39.9 Å². The van der Waals surface area contributed by atoms with Gasteiger partial charge in [0.2, 0.25) is 0 Å². The lowest BCUT2D eigenvalue weighted by Gasteiger charge is -2.07. The van der Waals surface area contributed by atoms with Crippen molar-refractivity contribution < 1.29 is 4.79 Å². The molecular formula is C21H30N2O. The second-order valence-corrected chi connectivity index (χ2v) is 5.12. The molecule has 0 saturated carbocycles. The Morgan fingerprint density at radius 2 is 1.42 bits per heavy atom. The summed E-state index contributed by atoms with van der Waals surface area (Å²) in [6.45, 7) is 19.4. The van der Waals surface area contributed by atoms with E-state index in [0.29, 0.717) is 12.1 Å². The van der Waals surface area contributed by atoms with Gasteiger partial charge in [0.1, 0.15) is 6.29 Å². The summed E-state index contributed by atoms with van der Waals surface area (Å²) in [6, 6.07) is 0. The van der Waals surface area contributed by atoms with Gasteiger partial charge in [0, 0.05) is 13.5 Å². The molecule has 0 heterocycles. The predicted molar refractivity (Wildman–Crippen MR) is 108 cm³/mol. The van der Waals surface area contributed by atoms with Crippen LogP contribution in [0.2, 0.25) is 0 Å². The van der Waals surface area contributed by atoms with Crippen LogP contribution in [0.25, 0.3) is 0 Å². The molecule has 2 N–H and O–H groups in total. The van der Waals surface area contributed by atoms with E-state index < -0.39 is 0 Å². The maximum atomic E-state index is 10.4. The molecule has 0 fully saturated rings. The Labute approximate surface area is 147 Å². The monoisotopic (exact) mass is 326 g/mol. The Hall–Kier alpha value is -2.68. The largest absolute Gasteiger partial charge is 0.397 e. The minimum Gasteiger partial charge on any atom is -0.397 e. The van der Waals surface area contributed by atoms with Gasteiger partial charge in [-0.05, 0) is 41.7 Å². The Morgan fingerprint density at radius 3 is 1.88 bits per heavy atom. The first-order chi connectivity index (χ1) is 10.7. The van der Waals surface area contributed by atoms with E-state index in [1.54, 1.807) is 19.2 Å². The van der Waals surface area contributed by atoms with Crippen molar-refractivity contribution in [2.45, 2.75) is 27.7 Å². The first-order valence-corrected chi connectivity index (χ1v) is 7.19. The summed E-state index contributed by atoms with van der Waals surface area (Å²) in [7, 11) is 1.70. The van der Waals surface area contributed by atoms with Crippen molar-refractivity contribution in [3.63, 3.8) is 0 Å². The van der Waals surface area contributed by atoms with Crippen molar-refractivity contribution in [1.82, 2.24) is 0 Å². The van der Waals surface area contributed by atoms with Crippen molar-refractivity contribution in [3.8, 4) is 0 Å². The zero-order valence-corrected chi connectivity index (χ0v) is 14.4. The van der Waals surface area contributed by atoms with Gasteiger partial charge in [0.15, 0.2) is 0 Å². The molecular weight excluding hydrogens is 296 g/mol. The zero-order chi connectivity index (χ0) is 18.0. The van der Waals surface area contributed by atoms with Crippen LogP contribution in [0.1, 0.15) is 27.7 Å². The zero-order valence-electron chi connectivity index (χ0n) is 14.4. The van der Waals surface area contributed by atoms with E-state index in [4.69, 9.17) is 5.73 Å². The van der Waals surface area contributed by atoms with E-state index in [1.807, 2.05) is 26.0 Å². The van der Waals surface area contributed by atoms with Crippen LogP contribution in [0, 0.1) is 0 Å². The van der Waals surface area contributed by atoms with Crippen molar-refractivity contribution in [2.75, 3.05) is 7.05 Å². The third-order valence-corrected chi connectivity index (χ3v) is 3.37. The summed E-state index contributed by atoms with van der Waals surface area (Å²) in [4.78, 5) is 14.4. The quantitative estimate of drug-likeness (QED) is 0.373. The van der Waals surface area contributed by atoms with Gasteiger partial charge in [-0.15, -0.1) is 0 Å². The number of allylic oxidation sites excluding steroid dienone is 10. The first kappa shape index (κ1) is 23.6. The van der Waals surface area contributed by atoms with Crippen LogP contribution in [0.5, 0.6) is 0 Å². The van der Waals surface area contributed by atoms with Gasteiger partial charge in [-0.2, -0.15) is 0 Å². The van der Waals surface area contributed by atoms with Crippen molar-refractivity contribution >= 4 is 12.0 Å². The number of aldehydes is 1. The third-order valence-electron chi connectivity index (χ3n) is 3.37. The van der Waals surface area contributed by atoms with Crippen molar-refractivity contribution in [3.05, 3.63) is 84.2 Å². The number of nitrogens with zero attached hydrogens (tertiary/aromatic N) is 1. The number of hydrogen-bond donors (Lipinski definition) is 1. The van der Waals surface area contributed by atoms with Crippen LogP contribution in [0.3, 0.4) is 0 Å². The molecule has 0 aliphatic carbocycles. The Bertz CT molecular complexity index is 641. The predicted octanol–water partition coefficient (Wildman–Crippen LogP) is 4.87. The summed E-state index contributed by atoms with van der Waals surface area (Å²) in [5, 5.41) is 0. The molecule has 0 aromatic rings. The lowest BCUT2D eigenvalue weighted by molar-refractivity contribution is -0.107. The number of hydrogen-bond acceptors (Lipinski definition) is 3. The van der Waals surface area contributed by atoms with E-state index in [1.165, 1.54) is 0 Å². The summed E-state index contributed by atoms with van der Waals surface area (Å²) in [5.74, 6) is 0. The Kier molecular flexibility index (Phi) is 11.6. The van der Waals surface area contributed by atoms with Crippen LogP contribution in [-0.4, -0.2) is 19.0 Å². The maximum absolute atomic E-state index is 10.4. The molecule has 24 heavy (non-hydrogen) atoms. The van der Waals surface area contributed by atoms with E-state index in [9.17, 15) is 4.79 Å². The Balaban J connectivity index is 0. The maximum Gasteiger partial charge on any atom is 0.124 e. The van der Waals surface area contributed by atoms with Crippen LogP contribution in [0.15, 0.2) is 89.2 Å². The number of aliphatic imine (C=N–C) groups is 1. The number of rotatable bonds is 9. The molecule has 0 unspecified atom stereocenters. The second-order valence-electron chi connectivity index (χ2n) is 5.12. The molecule has 0 aromatic heterocycles. The molecule has 0 rings (SSSR count). The highest BCUT2D eigenvalue weighted by atomic mass is 16.1. The van der Waals surface area contributed by atoms with Crippen LogP contribution < -0.4 is 5.73 Å². The minimum atomic E-state index is 0. The van der Waals surface area contributed by atoms with Crippen LogP contribution >= 0.6 is 0 Å². The van der Waals surface area contributed by atoms with Gasteiger partial charge in [-0.3, -0.25) is 4.99 Å². The van der Waals surface area contributed by atoms with E-state index in [-0.39, 0.29) is 7.43 Å². The van der Waals surface area contributed by atoms with Gasteiger partial charge >= 0.3 is 0 Å². The smallest absolute Gasteiger partial charge is 0.124 e. The Morgan fingerprint density at radius 1 is 0.958 bits per heavy atom. The highest BCUT2D eigenvalue weighted by molar-refractivity contribution is 5.98. The highest BCUT2D eigenvalue weighted by Gasteiger charge is 2.03. The third kappa shape index (κ3) is 8.08. The van der Waals surface area contributed by atoms with Gasteiger partial charge in [-0.1, -0.05) is 58.0 Å². The fourth-order valence-electron chi connectivity index (χ4n) is 1.50. The molecule has 0 aliphatic rings. The normalized spacial score (nSPS) is 12.5. The number of carbonyl (C=O) groups excluding carboxylic acids is 1. The highest BCUT2D eigenvalue weighted by Crippen LogP contribution is 2.16. The summed E-state index contributed by atoms with van der Waals surface area (Å²) in [6.07, 6.45) is 8.33. The van der Waals surface area contributed by atoms with Gasteiger partial charge in [0.25, 0.3) is 0 Å². The second kappa shape index (κ2) is 11.8.